The molecule has 41 heavy (non-hydrogen) atoms. The molecule has 1 aromatic heterocycles. The highest BCUT2D eigenvalue weighted by Gasteiger charge is 2.33. The van der Waals surface area contributed by atoms with Gasteiger partial charge in [0.05, 0.1) is 35.1 Å². The molecule has 1 aliphatic heterocycles. The zero-order chi connectivity index (χ0) is 29.5. The van der Waals surface area contributed by atoms with E-state index >= 15 is 0 Å². The maximum Gasteiger partial charge on any atom is 0.338 e. The summed E-state index contributed by atoms with van der Waals surface area (Å²) in [5.41, 5.74) is 3.19. The van der Waals surface area contributed by atoms with E-state index in [1.165, 1.54) is 18.4 Å². The molecule has 3 aromatic rings. The molecule has 214 valence electrons. The Morgan fingerprint density at radius 1 is 1.15 bits per heavy atom. The number of allylic oxidation sites excluding steroid dienone is 1. The summed E-state index contributed by atoms with van der Waals surface area (Å²) in [5.74, 6) is 0.721. The number of fused-ring (bicyclic) bond motifs is 1. The Kier molecular flexibility index (Phi) is 9.76. The van der Waals surface area contributed by atoms with Crippen molar-refractivity contribution in [3.8, 4) is 17.6 Å². The van der Waals surface area contributed by atoms with Crippen LogP contribution in [0, 0.1) is 11.3 Å². The van der Waals surface area contributed by atoms with Crippen molar-refractivity contribution >= 4 is 23.4 Å². The lowest BCUT2D eigenvalue weighted by molar-refractivity contribution is -0.140. The maximum atomic E-state index is 13.9. The van der Waals surface area contributed by atoms with Crippen molar-refractivity contribution < 1.29 is 23.7 Å². The lowest BCUT2D eigenvalue weighted by atomic mass is 9.93. The van der Waals surface area contributed by atoms with Crippen LogP contribution in [-0.4, -0.2) is 44.1 Å². The molecule has 0 saturated carbocycles. The summed E-state index contributed by atoms with van der Waals surface area (Å²) >= 11 is 1.25. The number of benzene rings is 2. The second-order valence-electron chi connectivity index (χ2n) is 9.62. The molecule has 0 fully saturated rings. The molecule has 0 bridgehead atoms. The van der Waals surface area contributed by atoms with Gasteiger partial charge in [-0.3, -0.25) is 9.36 Å². The van der Waals surface area contributed by atoms with Crippen LogP contribution in [0.3, 0.4) is 0 Å². The molecule has 1 aliphatic rings. The van der Waals surface area contributed by atoms with E-state index in [4.69, 9.17) is 24.2 Å². The van der Waals surface area contributed by atoms with Gasteiger partial charge in [0.2, 0.25) is 0 Å². The minimum absolute atomic E-state index is 0.0891. The zero-order valence-electron chi connectivity index (χ0n) is 23.8. The van der Waals surface area contributed by atoms with E-state index in [0.29, 0.717) is 44.6 Å². The number of hydrogen-bond acceptors (Lipinski definition) is 9. The highest BCUT2D eigenvalue weighted by Crippen LogP contribution is 2.32. The predicted octanol–water partition coefficient (Wildman–Crippen LogP) is 3.85. The number of carbonyl (C=O) groups excluding carboxylic acids is 1. The Morgan fingerprint density at radius 3 is 2.56 bits per heavy atom. The van der Waals surface area contributed by atoms with Gasteiger partial charge in [0.25, 0.3) is 5.56 Å². The van der Waals surface area contributed by atoms with Gasteiger partial charge in [0.15, 0.2) is 22.9 Å². The van der Waals surface area contributed by atoms with Crippen molar-refractivity contribution in [3.05, 3.63) is 90.1 Å². The summed E-state index contributed by atoms with van der Waals surface area (Å²) in [6.07, 6.45) is 1.76. The van der Waals surface area contributed by atoms with Crippen molar-refractivity contribution in [1.29, 1.82) is 5.26 Å². The standard InChI is InChI=1S/C31H33N3O6S/c1-6-38-25-17-21(7-12-24(25)39-14-13-32)18-26-29(35)34-28(23-10-8-22(9-11-23)19(2)3)27(20(4)33-31(34)41-26)30(36)40-16-15-37-5/h7-12,17-19,28H,6,14-16H2,1-5H3. The number of methoxy groups -OCH3 is 1. The van der Waals surface area contributed by atoms with Crippen molar-refractivity contribution in [2.45, 2.75) is 39.7 Å². The Bertz CT molecular complexity index is 1660. The lowest BCUT2D eigenvalue weighted by Crippen LogP contribution is -2.40. The molecule has 0 amide bonds. The zero-order valence-corrected chi connectivity index (χ0v) is 24.6. The Labute approximate surface area is 242 Å². The third-order valence-electron chi connectivity index (χ3n) is 6.54. The van der Waals surface area contributed by atoms with Crippen LogP contribution in [0.1, 0.15) is 56.3 Å². The van der Waals surface area contributed by atoms with E-state index in [0.717, 1.165) is 16.7 Å². The summed E-state index contributed by atoms with van der Waals surface area (Å²) in [5, 5.41) is 8.87. The molecule has 0 N–H and O–H groups in total. The third-order valence-corrected chi connectivity index (χ3v) is 7.52. The van der Waals surface area contributed by atoms with Crippen LogP contribution in [-0.2, 0) is 14.3 Å². The first-order valence-corrected chi connectivity index (χ1v) is 14.2. The normalized spacial score (nSPS) is 14.9. The van der Waals surface area contributed by atoms with Gasteiger partial charge in [0.1, 0.15) is 12.7 Å². The van der Waals surface area contributed by atoms with Gasteiger partial charge in [-0.25, -0.2) is 9.79 Å². The van der Waals surface area contributed by atoms with Gasteiger partial charge in [-0.05, 0) is 54.7 Å². The van der Waals surface area contributed by atoms with Crippen LogP contribution in [0.15, 0.2) is 63.5 Å². The van der Waals surface area contributed by atoms with Crippen LogP contribution in [0.2, 0.25) is 0 Å². The molecule has 9 nitrogen and oxygen atoms in total. The molecule has 0 saturated heterocycles. The smallest absolute Gasteiger partial charge is 0.338 e. The second-order valence-corrected chi connectivity index (χ2v) is 10.6. The lowest BCUT2D eigenvalue weighted by Gasteiger charge is -2.25. The second kappa shape index (κ2) is 13.4. The number of ether oxygens (including phenoxy) is 4. The van der Waals surface area contributed by atoms with Crippen molar-refractivity contribution in [3.63, 3.8) is 0 Å². The largest absolute Gasteiger partial charge is 0.490 e. The van der Waals surface area contributed by atoms with Crippen LogP contribution in [0.25, 0.3) is 6.08 Å². The van der Waals surface area contributed by atoms with Gasteiger partial charge in [-0.15, -0.1) is 0 Å². The fourth-order valence-electron chi connectivity index (χ4n) is 4.52. The van der Waals surface area contributed by atoms with Crippen LogP contribution < -0.4 is 24.4 Å². The number of esters is 1. The molecular weight excluding hydrogens is 542 g/mol. The first-order valence-electron chi connectivity index (χ1n) is 13.3. The molecule has 0 radical (unpaired) electrons. The first kappa shape index (κ1) is 29.8. The Morgan fingerprint density at radius 2 is 1.90 bits per heavy atom. The Hall–Kier alpha value is -4.20. The molecule has 0 spiro atoms. The van der Waals surface area contributed by atoms with Crippen LogP contribution >= 0.6 is 11.3 Å². The van der Waals surface area contributed by atoms with Gasteiger partial charge in [-0.1, -0.05) is 55.5 Å². The quantitative estimate of drug-likeness (QED) is 0.252. The fraction of sp³-hybridized carbons (Fsp3) is 0.355. The van der Waals surface area contributed by atoms with Gasteiger partial charge in [0, 0.05) is 7.11 Å². The van der Waals surface area contributed by atoms with Crippen molar-refractivity contribution in [2.24, 2.45) is 4.99 Å². The molecule has 10 heteroatoms. The molecule has 2 heterocycles. The van der Waals surface area contributed by atoms with E-state index in [9.17, 15) is 9.59 Å². The first-order chi connectivity index (χ1) is 19.8. The molecule has 1 unspecified atom stereocenters. The number of hydrogen-bond donors (Lipinski definition) is 0. The van der Waals surface area contributed by atoms with Crippen LogP contribution in [0.5, 0.6) is 11.5 Å². The maximum absolute atomic E-state index is 13.9. The average molecular weight is 576 g/mol. The van der Waals surface area contributed by atoms with E-state index in [1.807, 2.05) is 37.3 Å². The molecule has 2 aromatic carbocycles. The minimum atomic E-state index is -0.703. The molecule has 4 rings (SSSR count). The van der Waals surface area contributed by atoms with Crippen molar-refractivity contribution in [1.82, 2.24) is 4.57 Å². The number of carbonyl (C=O) groups is 1. The highest BCUT2D eigenvalue weighted by atomic mass is 32.1. The monoisotopic (exact) mass is 575 g/mol. The summed E-state index contributed by atoms with van der Waals surface area (Å²) in [4.78, 5) is 32.4. The van der Waals surface area contributed by atoms with Gasteiger partial charge >= 0.3 is 5.97 Å². The SMILES string of the molecule is CCOc1cc(C=c2sc3n(c2=O)C(c2ccc(C(C)C)cc2)C(C(=O)OCCOC)=C(C)N=3)ccc1OCC#N. The van der Waals surface area contributed by atoms with Crippen LogP contribution in [0.4, 0.5) is 0 Å². The summed E-state index contributed by atoms with van der Waals surface area (Å²) in [6.45, 7) is 8.49. The summed E-state index contributed by atoms with van der Waals surface area (Å²) < 4.78 is 23.7. The van der Waals surface area contributed by atoms with Gasteiger partial charge < -0.3 is 18.9 Å². The number of nitrogens with zero attached hydrogens (tertiary/aromatic N) is 3. The average Bonchev–Trinajstić information content (AvgIpc) is 3.26. The molecular formula is C31H33N3O6S. The topological polar surface area (TPSA) is 112 Å². The van der Waals surface area contributed by atoms with E-state index in [2.05, 4.69) is 18.8 Å². The van der Waals surface area contributed by atoms with E-state index in [-0.39, 0.29) is 25.4 Å². The predicted molar refractivity (Wildman–Crippen MR) is 156 cm³/mol. The summed E-state index contributed by atoms with van der Waals surface area (Å²) in [7, 11) is 1.53. The summed E-state index contributed by atoms with van der Waals surface area (Å²) in [6, 6.07) is 14.5. The number of nitriles is 1. The van der Waals surface area contributed by atoms with Gasteiger partial charge in [-0.2, -0.15) is 5.26 Å². The highest BCUT2D eigenvalue weighted by molar-refractivity contribution is 7.07. The van der Waals surface area contributed by atoms with E-state index in [1.54, 1.807) is 35.8 Å². The van der Waals surface area contributed by atoms with Crippen molar-refractivity contribution in [2.75, 3.05) is 33.5 Å². The Balaban J connectivity index is 1.84. The molecule has 1 atom stereocenters. The third kappa shape index (κ3) is 6.59. The molecule has 0 aliphatic carbocycles. The number of aromatic nitrogens is 1. The number of thiazole rings is 1. The number of rotatable bonds is 11. The minimum Gasteiger partial charge on any atom is -0.490 e. The van der Waals surface area contributed by atoms with E-state index < -0.39 is 12.0 Å². The fourth-order valence-corrected chi connectivity index (χ4v) is 5.57.